The molecule has 1 aromatic carbocycles. The van der Waals surface area contributed by atoms with Crippen LogP contribution < -0.4 is 5.32 Å². The number of ether oxygens (including phenoxy) is 2. The second-order valence-electron chi connectivity index (χ2n) is 5.05. The molecule has 0 saturated carbocycles. The van der Waals surface area contributed by atoms with Gasteiger partial charge in [0.2, 0.25) is 0 Å². The molecule has 2 atom stereocenters. The molecule has 0 fully saturated rings. The summed E-state index contributed by atoms with van der Waals surface area (Å²) in [5.41, 5.74) is -0.0354. The molecule has 0 spiro atoms. The Morgan fingerprint density at radius 1 is 1.26 bits per heavy atom. The minimum atomic E-state index is -0.823. The zero-order chi connectivity index (χ0) is 17.4. The molecule has 23 heavy (non-hydrogen) atoms. The highest BCUT2D eigenvalue weighted by Gasteiger charge is 2.27. The lowest BCUT2D eigenvalue weighted by molar-refractivity contribution is -0.147. The fourth-order valence-corrected chi connectivity index (χ4v) is 1.87. The van der Waals surface area contributed by atoms with Crippen LogP contribution in [0.2, 0.25) is 0 Å². The number of phenols is 1. The Bertz CT molecular complexity index is 571. The van der Waals surface area contributed by atoms with Crippen LogP contribution in [0.3, 0.4) is 0 Å². The van der Waals surface area contributed by atoms with Crippen LogP contribution in [-0.4, -0.2) is 42.7 Å². The zero-order valence-corrected chi connectivity index (χ0v) is 13.4. The predicted octanol–water partition coefficient (Wildman–Crippen LogP) is 1.25. The predicted molar refractivity (Wildman–Crippen MR) is 81.8 cm³/mol. The van der Waals surface area contributed by atoms with Gasteiger partial charge in [-0.25, -0.2) is 9.59 Å². The van der Waals surface area contributed by atoms with Crippen molar-refractivity contribution in [2.45, 2.75) is 26.3 Å². The molecule has 0 aliphatic rings. The fourth-order valence-electron chi connectivity index (χ4n) is 1.87. The topological polar surface area (TPSA) is 102 Å². The van der Waals surface area contributed by atoms with E-state index in [0.717, 1.165) is 0 Å². The largest absolute Gasteiger partial charge is 0.507 e. The lowest BCUT2D eigenvalue weighted by atomic mass is 9.99. The summed E-state index contributed by atoms with van der Waals surface area (Å²) < 4.78 is 9.49. The lowest BCUT2D eigenvalue weighted by Crippen LogP contribution is -2.47. The lowest BCUT2D eigenvalue weighted by Gasteiger charge is -2.21. The number of amides is 1. The maximum absolute atomic E-state index is 11.9. The number of nitrogens with one attached hydrogen (secondary N) is 1. The molecule has 2 N–H and O–H groups in total. The first kappa shape index (κ1) is 18.5. The van der Waals surface area contributed by atoms with E-state index in [-0.39, 0.29) is 17.2 Å². The van der Waals surface area contributed by atoms with Crippen molar-refractivity contribution in [1.82, 2.24) is 5.32 Å². The Labute approximate surface area is 134 Å². The number of hydrogen-bond acceptors (Lipinski definition) is 6. The molecule has 0 aliphatic heterocycles. The Morgan fingerprint density at radius 3 is 2.48 bits per heavy atom. The highest BCUT2D eigenvalue weighted by Crippen LogP contribution is 2.16. The number of carbonyl (C=O) groups is 3. The summed E-state index contributed by atoms with van der Waals surface area (Å²) in [6.45, 7) is 3.12. The molecule has 1 rings (SSSR count). The number of benzene rings is 1. The molecular formula is C16H21NO6. The summed E-state index contributed by atoms with van der Waals surface area (Å²) in [6.07, 6.45) is 0.664. The van der Waals surface area contributed by atoms with E-state index in [9.17, 15) is 19.5 Å². The third-order valence-electron chi connectivity index (χ3n) is 3.44. The number of phenolic OH excluding ortho intramolecular Hbond substituents is 1. The summed E-state index contributed by atoms with van der Waals surface area (Å²) >= 11 is 0. The highest BCUT2D eigenvalue weighted by atomic mass is 16.5. The summed E-state index contributed by atoms with van der Waals surface area (Å²) in [4.78, 5) is 35.3. The minimum Gasteiger partial charge on any atom is -0.507 e. The van der Waals surface area contributed by atoms with E-state index in [4.69, 9.17) is 4.74 Å². The molecule has 2 unspecified atom stereocenters. The molecule has 1 aromatic rings. The average Bonchev–Trinajstić information content (AvgIpc) is 2.56. The molecule has 0 radical (unpaired) electrons. The summed E-state index contributed by atoms with van der Waals surface area (Å²) in [6, 6.07) is 5.04. The van der Waals surface area contributed by atoms with Gasteiger partial charge in [0, 0.05) is 0 Å². The van der Waals surface area contributed by atoms with Gasteiger partial charge in [0.15, 0.2) is 6.61 Å². The van der Waals surface area contributed by atoms with Crippen molar-refractivity contribution in [3.63, 3.8) is 0 Å². The van der Waals surface area contributed by atoms with Gasteiger partial charge in [-0.05, 0) is 18.1 Å². The van der Waals surface area contributed by atoms with Crippen LogP contribution in [0.1, 0.15) is 30.6 Å². The van der Waals surface area contributed by atoms with Gasteiger partial charge in [0.1, 0.15) is 17.4 Å². The van der Waals surface area contributed by atoms with Crippen molar-refractivity contribution in [2.24, 2.45) is 5.92 Å². The van der Waals surface area contributed by atoms with E-state index in [1.807, 2.05) is 6.92 Å². The van der Waals surface area contributed by atoms with Crippen LogP contribution in [0.5, 0.6) is 5.75 Å². The monoisotopic (exact) mass is 323 g/mol. The van der Waals surface area contributed by atoms with Crippen LogP contribution in [-0.2, 0) is 19.1 Å². The van der Waals surface area contributed by atoms with E-state index in [2.05, 4.69) is 10.1 Å². The van der Waals surface area contributed by atoms with Gasteiger partial charge in [-0.15, -0.1) is 0 Å². The van der Waals surface area contributed by atoms with Gasteiger partial charge in [0.25, 0.3) is 5.91 Å². The minimum absolute atomic E-state index is 0.0354. The van der Waals surface area contributed by atoms with Crippen LogP contribution in [0.15, 0.2) is 24.3 Å². The van der Waals surface area contributed by atoms with Crippen molar-refractivity contribution >= 4 is 17.8 Å². The Kier molecular flexibility index (Phi) is 7.05. The second kappa shape index (κ2) is 8.77. The van der Waals surface area contributed by atoms with Gasteiger partial charge in [0.05, 0.1) is 7.11 Å². The van der Waals surface area contributed by atoms with Crippen LogP contribution >= 0.6 is 0 Å². The average molecular weight is 323 g/mol. The summed E-state index contributed by atoms with van der Waals surface area (Å²) in [7, 11) is 1.24. The molecule has 0 saturated heterocycles. The quantitative estimate of drug-likeness (QED) is 0.732. The highest BCUT2D eigenvalue weighted by molar-refractivity contribution is 5.94. The molecule has 0 aliphatic carbocycles. The van der Waals surface area contributed by atoms with E-state index in [0.29, 0.717) is 6.42 Å². The third-order valence-corrected chi connectivity index (χ3v) is 3.44. The van der Waals surface area contributed by atoms with Crippen molar-refractivity contribution < 1.29 is 29.0 Å². The normalized spacial score (nSPS) is 12.8. The number of rotatable bonds is 7. The molecular weight excluding hydrogens is 302 g/mol. The third kappa shape index (κ3) is 5.28. The first-order valence-corrected chi connectivity index (χ1v) is 7.23. The van der Waals surface area contributed by atoms with E-state index < -0.39 is 30.5 Å². The van der Waals surface area contributed by atoms with E-state index >= 15 is 0 Å². The van der Waals surface area contributed by atoms with Crippen molar-refractivity contribution in [2.75, 3.05) is 13.7 Å². The number of esters is 2. The van der Waals surface area contributed by atoms with Gasteiger partial charge < -0.3 is 19.9 Å². The standard InChI is InChI=1S/C16H21NO6/c1-4-10(2)14(16(21)22-3)17-13(19)9-23-15(20)11-7-5-6-8-12(11)18/h5-8,10,14,18H,4,9H2,1-3H3,(H,17,19). The van der Waals surface area contributed by atoms with E-state index in [1.54, 1.807) is 19.1 Å². The van der Waals surface area contributed by atoms with Crippen LogP contribution in [0.4, 0.5) is 0 Å². The van der Waals surface area contributed by atoms with Gasteiger partial charge in [-0.2, -0.15) is 0 Å². The maximum Gasteiger partial charge on any atom is 0.342 e. The molecule has 0 bridgehead atoms. The molecule has 7 nitrogen and oxygen atoms in total. The maximum atomic E-state index is 11.9. The first-order chi connectivity index (χ1) is 10.9. The molecule has 0 aromatic heterocycles. The molecule has 126 valence electrons. The first-order valence-electron chi connectivity index (χ1n) is 7.23. The number of methoxy groups -OCH3 is 1. The zero-order valence-electron chi connectivity index (χ0n) is 13.4. The van der Waals surface area contributed by atoms with Crippen LogP contribution in [0.25, 0.3) is 0 Å². The second-order valence-corrected chi connectivity index (χ2v) is 5.05. The number of para-hydroxylation sites is 1. The van der Waals surface area contributed by atoms with Crippen molar-refractivity contribution in [3.8, 4) is 5.75 Å². The molecule has 0 heterocycles. The Balaban J connectivity index is 2.60. The van der Waals surface area contributed by atoms with Crippen molar-refractivity contribution in [1.29, 1.82) is 0 Å². The fraction of sp³-hybridized carbons (Fsp3) is 0.438. The van der Waals surface area contributed by atoms with Gasteiger partial charge in [-0.3, -0.25) is 4.79 Å². The van der Waals surface area contributed by atoms with E-state index in [1.165, 1.54) is 19.2 Å². The Morgan fingerprint density at radius 2 is 1.91 bits per heavy atom. The van der Waals surface area contributed by atoms with Gasteiger partial charge in [-0.1, -0.05) is 32.4 Å². The molecule has 1 amide bonds. The number of hydrogen-bond donors (Lipinski definition) is 2. The SMILES string of the molecule is CCC(C)C(NC(=O)COC(=O)c1ccccc1O)C(=O)OC. The number of carbonyl (C=O) groups excluding carboxylic acids is 3. The Hall–Kier alpha value is -2.57. The molecule has 7 heteroatoms. The van der Waals surface area contributed by atoms with Crippen molar-refractivity contribution in [3.05, 3.63) is 29.8 Å². The van der Waals surface area contributed by atoms with Crippen LogP contribution in [0, 0.1) is 5.92 Å². The number of aromatic hydroxyl groups is 1. The smallest absolute Gasteiger partial charge is 0.342 e. The summed E-state index contributed by atoms with van der Waals surface area (Å²) in [5, 5.41) is 12.0. The summed E-state index contributed by atoms with van der Waals surface area (Å²) in [5.74, 6) is -2.36. The van der Waals surface area contributed by atoms with Gasteiger partial charge >= 0.3 is 11.9 Å².